The predicted octanol–water partition coefficient (Wildman–Crippen LogP) is 3.10. The van der Waals surface area contributed by atoms with Crippen LogP contribution in [0.2, 0.25) is 5.02 Å². The highest BCUT2D eigenvalue weighted by molar-refractivity contribution is 6.33. The van der Waals surface area contributed by atoms with Crippen LogP contribution in [0.15, 0.2) is 24.3 Å². The molecule has 7 nitrogen and oxygen atoms in total. The minimum absolute atomic E-state index is 0.0332. The zero-order chi connectivity index (χ0) is 23.9. The van der Waals surface area contributed by atoms with Crippen molar-refractivity contribution in [2.75, 3.05) is 51.6 Å². The molecular formula is C26H35ClN4O3. The standard InChI is InChI=1S/C26H35ClN4O3/c1-29(16-23(32)28-22-5-3-2-4-21(22)27)24(33)17-30-6-8-31(9-7-30)25(34)26-13-18-10-19(14-26)12-20(11-18)15-26/h2-5,18-20H,6-17H2,1H3,(H,28,32). The number of carbonyl (C=O) groups is 3. The van der Waals surface area contributed by atoms with E-state index >= 15 is 0 Å². The summed E-state index contributed by atoms with van der Waals surface area (Å²) >= 11 is 6.09. The maximum atomic E-state index is 13.6. The second-order valence-corrected chi connectivity index (χ2v) is 11.5. The van der Waals surface area contributed by atoms with Crippen LogP contribution in [0.4, 0.5) is 5.69 Å². The minimum Gasteiger partial charge on any atom is -0.340 e. The smallest absolute Gasteiger partial charge is 0.244 e. The molecule has 34 heavy (non-hydrogen) atoms. The van der Waals surface area contributed by atoms with E-state index in [-0.39, 0.29) is 30.3 Å². The molecule has 1 N–H and O–H groups in total. The monoisotopic (exact) mass is 486 g/mol. The SMILES string of the molecule is CN(CC(=O)Nc1ccccc1Cl)C(=O)CN1CCN(C(=O)C23CC4CC(CC(C4)C2)C3)CC1. The van der Waals surface area contributed by atoms with Gasteiger partial charge in [0.15, 0.2) is 0 Å². The molecule has 5 aliphatic rings. The van der Waals surface area contributed by atoms with E-state index in [1.165, 1.54) is 24.2 Å². The van der Waals surface area contributed by atoms with E-state index in [1.807, 2.05) is 0 Å². The summed E-state index contributed by atoms with van der Waals surface area (Å²) in [4.78, 5) is 44.2. The Hall–Kier alpha value is -2.12. The molecule has 1 aliphatic heterocycles. The Morgan fingerprint density at radius 3 is 2.18 bits per heavy atom. The highest BCUT2D eigenvalue weighted by atomic mass is 35.5. The minimum atomic E-state index is -0.282. The van der Waals surface area contributed by atoms with Crippen molar-refractivity contribution >= 4 is 35.0 Å². The van der Waals surface area contributed by atoms with E-state index in [0.717, 1.165) is 37.0 Å². The van der Waals surface area contributed by atoms with Crippen molar-refractivity contribution in [1.82, 2.24) is 14.7 Å². The molecule has 5 fully saturated rings. The lowest BCUT2D eigenvalue weighted by Gasteiger charge is -2.57. The third-order valence-corrected chi connectivity index (χ3v) is 8.79. The van der Waals surface area contributed by atoms with Crippen molar-refractivity contribution in [2.24, 2.45) is 23.2 Å². The molecule has 1 aromatic carbocycles. The number of carbonyl (C=O) groups excluding carboxylic acids is 3. The fourth-order valence-corrected chi connectivity index (χ4v) is 7.37. The van der Waals surface area contributed by atoms with E-state index in [4.69, 9.17) is 11.6 Å². The van der Waals surface area contributed by atoms with Crippen LogP contribution in [0.5, 0.6) is 0 Å². The Labute approximate surface area is 206 Å². The quantitative estimate of drug-likeness (QED) is 0.670. The van der Waals surface area contributed by atoms with Gasteiger partial charge in [-0.1, -0.05) is 23.7 Å². The van der Waals surface area contributed by atoms with Gasteiger partial charge >= 0.3 is 0 Å². The molecule has 1 saturated heterocycles. The fraction of sp³-hybridized carbons (Fsp3) is 0.654. The van der Waals surface area contributed by atoms with Gasteiger partial charge in [0.05, 0.1) is 29.2 Å². The first-order chi connectivity index (χ1) is 16.3. The number of hydrogen-bond donors (Lipinski definition) is 1. The zero-order valence-corrected chi connectivity index (χ0v) is 20.7. The maximum Gasteiger partial charge on any atom is 0.244 e. The summed E-state index contributed by atoms with van der Waals surface area (Å²) in [5.41, 5.74) is 0.442. The number of anilines is 1. The molecule has 8 heteroatoms. The average molecular weight is 487 g/mol. The lowest BCUT2D eigenvalue weighted by atomic mass is 9.49. The molecule has 6 rings (SSSR count). The van der Waals surface area contributed by atoms with E-state index in [0.29, 0.717) is 42.8 Å². The third-order valence-electron chi connectivity index (χ3n) is 8.46. The lowest BCUT2D eigenvalue weighted by Crippen LogP contribution is -2.58. The molecule has 1 aromatic rings. The maximum absolute atomic E-state index is 13.6. The summed E-state index contributed by atoms with van der Waals surface area (Å²) in [6.45, 7) is 2.99. The number of hydrogen-bond acceptors (Lipinski definition) is 4. The van der Waals surface area contributed by atoms with Gasteiger partial charge in [0.1, 0.15) is 0 Å². The lowest BCUT2D eigenvalue weighted by molar-refractivity contribution is -0.159. The van der Waals surface area contributed by atoms with E-state index in [9.17, 15) is 14.4 Å². The van der Waals surface area contributed by atoms with Gasteiger partial charge in [0.2, 0.25) is 17.7 Å². The second kappa shape index (κ2) is 9.50. The molecule has 4 bridgehead atoms. The number of piperazine rings is 1. The number of para-hydroxylation sites is 1. The molecule has 0 atom stereocenters. The Kier molecular flexibility index (Phi) is 6.60. The number of amides is 3. The molecule has 0 spiro atoms. The van der Waals surface area contributed by atoms with Crippen LogP contribution in [0.25, 0.3) is 0 Å². The molecule has 4 saturated carbocycles. The van der Waals surface area contributed by atoms with Crippen molar-refractivity contribution in [2.45, 2.75) is 38.5 Å². The Morgan fingerprint density at radius 2 is 1.59 bits per heavy atom. The van der Waals surface area contributed by atoms with Crippen molar-refractivity contribution in [3.05, 3.63) is 29.3 Å². The predicted molar refractivity (Wildman–Crippen MR) is 131 cm³/mol. The molecule has 184 valence electrons. The van der Waals surface area contributed by atoms with E-state index in [2.05, 4.69) is 15.1 Å². The van der Waals surface area contributed by atoms with E-state index < -0.39 is 0 Å². The van der Waals surface area contributed by atoms with Gasteiger partial charge in [-0.3, -0.25) is 19.3 Å². The molecular weight excluding hydrogens is 452 g/mol. The van der Waals surface area contributed by atoms with Crippen molar-refractivity contribution in [1.29, 1.82) is 0 Å². The molecule has 0 unspecified atom stereocenters. The highest BCUT2D eigenvalue weighted by Crippen LogP contribution is 2.60. The molecule has 4 aliphatic carbocycles. The number of halogens is 1. The molecule has 1 heterocycles. The van der Waals surface area contributed by atoms with Gasteiger partial charge in [-0.15, -0.1) is 0 Å². The topological polar surface area (TPSA) is 73.0 Å². The fourth-order valence-electron chi connectivity index (χ4n) is 7.18. The van der Waals surface area contributed by atoms with Crippen LogP contribution in [0, 0.1) is 23.2 Å². The molecule has 0 radical (unpaired) electrons. The van der Waals surface area contributed by atoms with Gasteiger partial charge in [-0.05, 0) is 68.4 Å². The number of benzene rings is 1. The van der Waals surface area contributed by atoms with Crippen molar-refractivity contribution < 1.29 is 14.4 Å². The van der Waals surface area contributed by atoms with Crippen LogP contribution in [-0.2, 0) is 14.4 Å². The van der Waals surface area contributed by atoms with Gasteiger partial charge in [0, 0.05) is 33.2 Å². The van der Waals surface area contributed by atoms with Gasteiger partial charge in [-0.2, -0.15) is 0 Å². The number of nitrogens with one attached hydrogen (secondary N) is 1. The summed E-state index contributed by atoms with van der Waals surface area (Å²) < 4.78 is 0. The van der Waals surface area contributed by atoms with Gasteiger partial charge in [0.25, 0.3) is 0 Å². The van der Waals surface area contributed by atoms with Crippen LogP contribution < -0.4 is 5.32 Å². The molecule has 0 aromatic heterocycles. The first-order valence-electron chi connectivity index (χ1n) is 12.6. The highest BCUT2D eigenvalue weighted by Gasteiger charge is 2.55. The number of nitrogens with zero attached hydrogens (tertiary/aromatic N) is 3. The van der Waals surface area contributed by atoms with Crippen LogP contribution in [-0.4, -0.2) is 78.7 Å². The summed E-state index contributed by atoms with van der Waals surface area (Å²) in [6.07, 6.45) is 7.30. The largest absolute Gasteiger partial charge is 0.340 e. The summed E-state index contributed by atoms with van der Waals surface area (Å²) in [7, 11) is 1.64. The summed E-state index contributed by atoms with van der Waals surface area (Å²) in [6, 6.07) is 7.03. The van der Waals surface area contributed by atoms with Gasteiger partial charge < -0.3 is 15.1 Å². The van der Waals surface area contributed by atoms with Crippen molar-refractivity contribution in [3.63, 3.8) is 0 Å². The van der Waals surface area contributed by atoms with Crippen LogP contribution >= 0.6 is 11.6 Å². The normalized spacial score (nSPS) is 30.3. The second-order valence-electron chi connectivity index (χ2n) is 11.0. The zero-order valence-electron chi connectivity index (χ0n) is 20.0. The average Bonchev–Trinajstić information content (AvgIpc) is 2.79. The first kappa shape index (κ1) is 23.6. The van der Waals surface area contributed by atoms with E-state index in [1.54, 1.807) is 31.3 Å². The van der Waals surface area contributed by atoms with Crippen LogP contribution in [0.1, 0.15) is 38.5 Å². The van der Waals surface area contributed by atoms with Crippen molar-refractivity contribution in [3.8, 4) is 0 Å². The molecule has 3 amide bonds. The number of rotatable bonds is 6. The van der Waals surface area contributed by atoms with Crippen LogP contribution in [0.3, 0.4) is 0 Å². The summed E-state index contributed by atoms with van der Waals surface area (Å²) in [5.74, 6) is 2.29. The first-order valence-corrected chi connectivity index (χ1v) is 13.0. The van der Waals surface area contributed by atoms with Gasteiger partial charge in [-0.25, -0.2) is 0 Å². The Morgan fingerprint density at radius 1 is 1.00 bits per heavy atom. The Bertz CT molecular complexity index is 924. The summed E-state index contributed by atoms with van der Waals surface area (Å²) in [5, 5.41) is 3.21. The Balaban J connectivity index is 1.08. The third kappa shape index (κ3) is 4.82. The number of likely N-dealkylation sites (N-methyl/N-ethyl adjacent to an activating group) is 1.